The van der Waals surface area contributed by atoms with E-state index >= 15 is 0 Å². The van der Waals surface area contributed by atoms with Crippen molar-refractivity contribution in [1.29, 1.82) is 0 Å². The van der Waals surface area contributed by atoms with Gasteiger partial charge in [-0.25, -0.2) is 12.7 Å². The maximum Gasteiger partial charge on any atom is 0.211 e. The van der Waals surface area contributed by atoms with Crippen molar-refractivity contribution in [2.45, 2.75) is 39.2 Å². The smallest absolute Gasteiger partial charge is 0.211 e. The Kier molecular flexibility index (Phi) is 8.47. The number of hydrogen-bond acceptors (Lipinski definition) is 3. The van der Waals surface area contributed by atoms with Gasteiger partial charge < -0.3 is 5.32 Å². The molecule has 0 spiro atoms. The molecule has 17 heavy (non-hydrogen) atoms. The lowest BCUT2D eigenvalue weighted by molar-refractivity contribution is 0.410. The molecule has 0 aromatic heterocycles. The van der Waals surface area contributed by atoms with Gasteiger partial charge in [-0.15, -0.1) is 6.58 Å². The van der Waals surface area contributed by atoms with Crippen LogP contribution in [-0.2, 0) is 10.0 Å². The molecule has 5 heteroatoms. The summed E-state index contributed by atoms with van der Waals surface area (Å²) in [6.07, 6.45) is 6.11. The fourth-order valence-corrected chi connectivity index (χ4v) is 2.56. The summed E-state index contributed by atoms with van der Waals surface area (Å²) in [5.41, 5.74) is 0. The molecule has 0 heterocycles. The van der Waals surface area contributed by atoms with E-state index in [4.69, 9.17) is 0 Å². The molecule has 0 amide bonds. The molecule has 1 N–H and O–H groups in total. The van der Waals surface area contributed by atoms with E-state index in [1.165, 1.54) is 10.6 Å². The third kappa shape index (κ3) is 8.35. The Morgan fingerprint density at radius 3 is 2.59 bits per heavy atom. The molecule has 0 rings (SSSR count). The van der Waals surface area contributed by atoms with Crippen LogP contribution in [0.15, 0.2) is 12.7 Å². The van der Waals surface area contributed by atoms with Crippen LogP contribution in [0.3, 0.4) is 0 Å². The van der Waals surface area contributed by atoms with Gasteiger partial charge in [-0.1, -0.05) is 13.0 Å². The first-order valence-electron chi connectivity index (χ1n) is 6.21. The third-order valence-corrected chi connectivity index (χ3v) is 4.08. The predicted molar refractivity (Wildman–Crippen MR) is 73.6 cm³/mol. The maximum absolute atomic E-state index is 11.3. The average Bonchev–Trinajstić information content (AvgIpc) is 2.24. The number of allylic oxidation sites excluding steroid dienone is 1. The molecule has 4 nitrogen and oxygen atoms in total. The van der Waals surface area contributed by atoms with Crippen LogP contribution in [-0.4, -0.2) is 44.7 Å². The molecule has 102 valence electrons. The first kappa shape index (κ1) is 16.6. The molecule has 1 unspecified atom stereocenters. The molecule has 0 aromatic carbocycles. The van der Waals surface area contributed by atoms with Crippen LogP contribution in [0.25, 0.3) is 0 Å². The Hall–Kier alpha value is -0.390. The summed E-state index contributed by atoms with van der Waals surface area (Å²) in [5.74, 6) is 0. The fraction of sp³-hybridized carbons (Fsp3) is 0.833. The van der Waals surface area contributed by atoms with E-state index < -0.39 is 10.0 Å². The lowest BCUT2D eigenvalue weighted by Crippen LogP contribution is -2.34. The van der Waals surface area contributed by atoms with Crippen molar-refractivity contribution < 1.29 is 8.42 Å². The summed E-state index contributed by atoms with van der Waals surface area (Å²) < 4.78 is 24.2. The maximum atomic E-state index is 11.3. The van der Waals surface area contributed by atoms with Crippen molar-refractivity contribution in [3.05, 3.63) is 12.7 Å². The second kappa shape index (κ2) is 8.66. The highest BCUT2D eigenvalue weighted by molar-refractivity contribution is 7.88. The van der Waals surface area contributed by atoms with E-state index in [-0.39, 0.29) is 0 Å². The number of nitrogens with one attached hydrogen (secondary N) is 1. The van der Waals surface area contributed by atoms with Crippen LogP contribution in [0.4, 0.5) is 0 Å². The van der Waals surface area contributed by atoms with Crippen LogP contribution in [0.1, 0.15) is 33.1 Å². The molecule has 0 aliphatic rings. The van der Waals surface area contributed by atoms with Crippen LogP contribution >= 0.6 is 0 Å². The average molecular weight is 262 g/mol. The molecule has 0 saturated carbocycles. The van der Waals surface area contributed by atoms with E-state index in [9.17, 15) is 8.42 Å². The van der Waals surface area contributed by atoms with Gasteiger partial charge in [0.15, 0.2) is 0 Å². The van der Waals surface area contributed by atoms with Crippen molar-refractivity contribution in [1.82, 2.24) is 9.62 Å². The zero-order chi connectivity index (χ0) is 13.3. The molecule has 1 atom stereocenters. The van der Waals surface area contributed by atoms with Crippen molar-refractivity contribution in [3.8, 4) is 0 Å². The van der Waals surface area contributed by atoms with Gasteiger partial charge in [-0.05, 0) is 32.7 Å². The zero-order valence-corrected chi connectivity index (χ0v) is 12.1. The van der Waals surface area contributed by atoms with E-state index in [2.05, 4.69) is 18.8 Å². The Labute approximate surface area is 106 Å². The minimum Gasteiger partial charge on any atom is -0.314 e. The first-order chi connectivity index (χ1) is 7.91. The predicted octanol–water partition coefficient (Wildman–Crippen LogP) is 1.60. The van der Waals surface area contributed by atoms with Crippen molar-refractivity contribution in [2.24, 2.45) is 0 Å². The largest absolute Gasteiger partial charge is 0.314 e. The summed E-state index contributed by atoms with van der Waals surface area (Å²) in [4.78, 5) is 0. The lowest BCUT2D eigenvalue weighted by Gasteiger charge is -2.18. The molecule has 0 aliphatic carbocycles. The van der Waals surface area contributed by atoms with Gasteiger partial charge >= 0.3 is 0 Å². The number of nitrogens with zero attached hydrogens (tertiary/aromatic N) is 1. The zero-order valence-electron chi connectivity index (χ0n) is 11.3. The Morgan fingerprint density at radius 1 is 1.47 bits per heavy atom. The summed E-state index contributed by atoms with van der Waals surface area (Å²) in [6.45, 7) is 9.68. The Morgan fingerprint density at radius 2 is 2.12 bits per heavy atom. The van der Waals surface area contributed by atoms with Gasteiger partial charge in [0.2, 0.25) is 10.0 Å². The van der Waals surface area contributed by atoms with Crippen LogP contribution in [0, 0.1) is 0 Å². The molecule has 0 fully saturated rings. The summed E-state index contributed by atoms with van der Waals surface area (Å²) >= 11 is 0. The molecule has 0 aliphatic heterocycles. The summed E-state index contributed by atoms with van der Waals surface area (Å²) in [5, 5.41) is 3.38. The standard InChI is InChI=1S/C12H26N2O2S/c1-5-7-9-12(3)13-10-8-11-14(6-2)17(4,15)16/h5,12-13H,1,6-11H2,2-4H3. The van der Waals surface area contributed by atoms with Crippen LogP contribution in [0.5, 0.6) is 0 Å². The molecule has 0 radical (unpaired) electrons. The van der Waals surface area contributed by atoms with Crippen molar-refractivity contribution in [2.75, 3.05) is 25.9 Å². The van der Waals surface area contributed by atoms with Gasteiger partial charge in [-0.3, -0.25) is 0 Å². The van der Waals surface area contributed by atoms with Gasteiger partial charge in [0.25, 0.3) is 0 Å². The van der Waals surface area contributed by atoms with Crippen molar-refractivity contribution >= 4 is 10.0 Å². The third-order valence-electron chi connectivity index (χ3n) is 2.70. The topological polar surface area (TPSA) is 49.4 Å². The Balaban J connectivity index is 3.73. The van der Waals surface area contributed by atoms with E-state index in [1.807, 2.05) is 13.0 Å². The molecule has 0 bridgehead atoms. The minimum atomic E-state index is -3.04. The number of rotatable bonds is 10. The second-order valence-electron chi connectivity index (χ2n) is 4.33. The highest BCUT2D eigenvalue weighted by Gasteiger charge is 2.13. The molecular formula is C12H26N2O2S. The normalized spacial score (nSPS) is 13.9. The van der Waals surface area contributed by atoms with Gasteiger partial charge in [0.05, 0.1) is 6.26 Å². The summed E-state index contributed by atoms with van der Waals surface area (Å²) in [7, 11) is -3.04. The quantitative estimate of drug-likeness (QED) is 0.480. The summed E-state index contributed by atoms with van der Waals surface area (Å²) in [6, 6.07) is 0.460. The van der Waals surface area contributed by atoms with Gasteiger partial charge in [-0.2, -0.15) is 0 Å². The van der Waals surface area contributed by atoms with Crippen molar-refractivity contribution in [3.63, 3.8) is 0 Å². The van der Waals surface area contributed by atoms with Crippen LogP contribution in [0.2, 0.25) is 0 Å². The van der Waals surface area contributed by atoms with Gasteiger partial charge in [0, 0.05) is 19.1 Å². The van der Waals surface area contributed by atoms with Gasteiger partial charge in [0.1, 0.15) is 0 Å². The number of sulfonamides is 1. The van der Waals surface area contributed by atoms with E-state index in [0.717, 1.165) is 25.8 Å². The SMILES string of the molecule is C=CCCC(C)NCCCN(CC)S(C)(=O)=O. The first-order valence-corrected chi connectivity index (χ1v) is 8.06. The van der Waals surface area contributed by atoms with E-state index in [0.29, 0.717) is 19.1 Å². The monoisotopic (exact) mass is 262 g/mol. The number of hydrogen-bond donors (Lipinski definition) is 1. The molecular weight excluding hydrogens is 236 g/mol. The molecule has 0 saturated heterocycles. The second-order valence-corrected chi connectivity index (χ2v) is 6.31. The van der Waals surface area contributed by atoms with E-state index in [1.54, 1.807) is 0 Å². The fourth-order valence-electron chi connectivity index (χ4n) is 1.63. The lowest BCUT2D eigenvalue weighted by atomic mass is 10.2. The Bertz CT molecular complexity index is 302. The minimum absolute atomic E-state index is 0.460. The molecule has 0 aromatic rings. The van der Waals surface area contributed by atoms with Crippen LogP contribution < -0.4 is 5.32 Å². The highest BCUT2D eigenvalue weighted by Crippen LogP contribution is 2.00. The highest BCUT2D eigenvalue weighted by atomic mass is 32.2.